The second-order valence-electron chi connectivity index (χ2n) is 4.56. The number of piperidine rings is 1. The first-order valence-electron chi connectivity index (χ1n) is 6.61. The Labute approximate surface area is 113 Å². The standard InChI is InChI=1S/C13H20N4O2/c1-19-8-2-5-14-12-9-13(16-10-15-12)17-6-3-11(18)4-7-17/h9-10H,2-8H2,1H3,(H,14,15,16). The fourth-order valence-corrected chi connectivity index (χ4v) is 2.03. The molecular formula is C13H20N4O2. The highest BCUT2D eigenvalue weighted by molar-refractivity contribution is 5.80. The van der Waals surface area contributed by atoms with Crippen molar-refractivity contribution in [2.75, 3.05) is 43.6 Å². The van der Waals surface area contributed by atoms with Crippen LogP contribution in [0.25, 0.3) is 0 Å². The van der Waals surface area contributed by atoms with Gasteiger partial charge in [-0.3, -0.25) is 4.79 Å². The van der Waals surface area contributed by atoms with Crippen LogP contribution in [0, 0.1) is 0 Å². The highest BCUT2D eigenvalue weighted by atomic mass is 16.5. The number of carbonyl (C=O) groups is 1. The Hall–Kier alpha value is -1.69. The summed E-state index contributed by atoms with van der Waals surface area (Å²) in [6.45, 7) is 3.06. The molecule has 1 aromatic heterocycles. The molecule has 1 N–H and O–H groups in total. The summed E-state index contributed by atoms with van der Waals surface area (Å²) in [5, 5.41) is 3.24. The van der Waals surface area contributed by atoms with Crippen LogP contribution in [-0.4, -0.2) is 49.1 Å². The van der Waals surface area contributed by atoms with Crippen molar-refractivity contribution < 1.29 is 9.53 Å². The monoisotopic (exact) mass is 264 g/mol. The summed E-state index contributed by atoms with van der Waals surface area (Å²) in [5.41, 5.74) is 0. The minimum Gasteiger partial charge on any atom is -0.385 e. The average Bonchev–Trinajstić information content (AvgIpc) is 2.45. The van der Waals surface area contributed by atoms with Gasteiger partial charge in [-0.1, -0.05) is 0 Å². The maximum Gasteiger partial charge on any atom is 0.136 e. The highest BCUT2D eigenvalue weighted by Crippen LogP contribution is 2.17. The molecule has 0 atom stereocenters. The molecule has 0 amide bonds. The molecule has 0 aromatic carbocycles. The molecule has 1 fully saturated rings. The van der Waals surface area contributed by atoms with Gasteiger partial charge in [-0.25, -0.2) is 9.97 Å². The molecule has 0 radical (unpaired) electrons. The number of ether oxygens (including phenoxy) is 1. The topological polar surface area (TPSA) is 67.3 Å². The van der Waals surface area contributed by atoms with E-state index in [1.807, 2.05) is 6.07 Å². The fraction of sp³-hybridized carbons (Fsp3) is 0.615. The normalized spacial score (nSPS) is 15.6. The fourth-order valence-electron chi connectivity index (χ4n) is 2.03. The molecule has 1 aliphatic heterocycles. The molecule has 0 saturated carbocycles. The second kappa shape index (κ2) is 7.04. The highest BCUT2D eigenvalue weighted by Gasteiger charge is 2.17. The van der Waals surface area contributed by atoms with Gasteiger partial charge < -0.3 is 15.0 Å². The quantitative estimate of drug-likeness (QED) is 0.776. The molecule has 2 heterocycles. The Kier molecular flexibility index (Phi) is 5.09. The zero-order valence-corrected chi connectivity index (χ0v) is 11.3. The Morgan fingerprint density at radius 2 is 2.16 bits per heavy atom. The van der Waals surface area contributed by atoms with Crippen LogP contribution in [0.15, 0.2) is 12.4 Å². The first-order valence-corrected chi connectivity index (χ1v) is 6.61. The lowest BCUT2D eigenvalue weighted by Crippen LogP contribution is -2.34. The number of nitrogens with one attached hydrogen (secondary N) is 1. The molecule has 0 spiro atoms. The third kappa shape index (κ3) is 4.17. The van der Waals surface area contributed by atoms with E-state index in [1.54, 1.807) is 13.4 Å². The van der Waals surface area contributed by atoms with Gasteiger partial charge in [0.05, 0.1) is 0 Å². The molecule has 0 unspecified atom stereocenters. The summed E-state index contributed by atoms with van der Waals surface area (Å²) in [4.78, 5) is 21.8. The molecule has 1 saturated heterocycles. The molecule has 1 aliphatic rings. The zero-order chi connectivity index (χ0) is 13.5. The molecule has 6 nitrogen and oxygen atoms in total. The van der Waals surface area contributed by atoms with E-state index < -0.39 is 0 Å². The Bertz CT molecular complexity index is 415. The van der Waals surface area contributed by atoms with Crippen molar-refractivity contribution in [1.29, 1.82) is 0 Å². The molecule has 19 heavy (non-hydrogen) atoms. The lowest BCUT2D eigenvalue weighted by molar-refractivity contribution is -0.119. The minimum atomic E-state index is 0.336. The first-order chi connectivity index (χ1) is 9.29. The van der Waals surface area contributed by atoms with Crippen LogP contribution in [0.4, 0.5) is 11.6 Å². The average molecular weight is 264 g/mol. The number of rotatable bonds is 6. The lowest BCUT2D eigenvalue weighted by Gasteiger charge is -2.27. The van der Waals surface area contributed by atoms with E-state index in [1.165, 1.54) is 0 Å². The molecule has 2 rings (SSSR count). The van der Waals surface area contributed by atoms with Gasteiger partial charge in [-0.05, 0) is 6.42 Å². The Morgan fingerprint density at radius 3 is 2.89 bits per heavy atom. The zero-order valence-electron chi connectivity index (χ0n) is 11.3. The van der Waals surface area contributed by atoms with Crippen LogP contribution in [0.1, 0.15) is 19.3 Å². The number of anilines is 2. The maximum atomic E-state index is 11.2. The summed E-state index contributed by atoms with van der Waals surface area (Å²) in [6.07, 6.45) is 3.72. The van der Waals surface area contributed by atoms with Gasteiger partial charge in [0.2, 0.25) is 0 Å². The van der Waals surface area contributed by atoms with Gasteiger partial charge >= 0.3 is 0 Å². The van der Waals surface area contributed by atoms with Crippen LogP contribution in [0.2, 0.25) is 0 Å². The van der Waals surface area contributed by atoms with E-state index in [0.29, 0.717) is 18.6 Å². The van der Waals surface area contributed by atoms with E-state index in [-0.39, 0.29) is 0 Å². The molecule has 0 aliphatic carbocycles. The number of hydrogen-bond acceptors (Lipinski definition) is 6. The van der Waals surface area contributed by atoms with Gasteiger partial charge in [-0.15, -0.1) is 0 Å². The van der Waals surface area contributed by atoms with Crippen LogP contribution in [-0.2, 0) is 9.53 Å². The van der Waals surface area contributed by atoms with Gasteiger partial charge in [0.25, 0.3) is 0 Å². The van der Waals surface area contributed by atoms with Crippen molar-refractivity contribution in [3.63, 3.8) is 0 Å². The predicted octanol–water partition coefficient (Wildman–Crippen LogP) is 1.09. The first kappa shape index (κ1) is 13.7. The van der Waals surface area contributed by atoms with Crippen LogP contribution in [0.5, 0.6) is 0 Å². The van der Waals surface area contributed by atoms with E-state index in [9.17, 15) is 4.79 Å². The number of methoxy groups -OCH3 is 1. The van der Waals surface area contributed by atoms with Crippen molar-refractivity contribution in [3.8, 4) is 0 Å². The maximum absolute atomic E-state index is 11.2. The van der Waals surface area contributed by atoms with Crippen molar-refractivity contribution in [2.45, 2.75) is 19.3 Å². The third-order valence-corrected chi connectivity index (χ3v) is 3.13. The van der Waals surface area contributed by atoms with Crippen molar-refractivity contribution in [1.82, 2.24) is 9.97 Å². The van der Waals surface area contributed by atoms with Gasteiger partial charge in [-0.2, -0.15) is 0 Å². The van der Waals surface area contributed by atoms with E-state index in [4.69, 9.17) is 4.74 Å². The Morgan fingerprint density at radius 1 is 1.37 bits per heavy atom. The molecule has 6 heteroatoms. The number of hydrogen-bond donors (Lipinski definition) is 1. The minimum absolute atomic E-state index is 0.336. The molecule has 104 valence electrons. The van der Waals surface area contributed by atoms with Crippen molar-refractivity contribution in [3.05, 3.63) is 12.4 Å². The van der Waals surface area contributed by atoms with Gasteiger partial charge in [0, 0.05) is 52.3 Å². The van der Waals surface area contributed by atoms with Crippen LogP contribution in [0.3, 0.4) is 0 Å². The second-order valence-corrected chi connectivity index (χ2v) is 4.56. The number of nitrogens with zero attached hydrogens (tertiary/aromatic N) is 3. The summed E-state index contributed by atoms with van der Waals surface area (Å²) in [6, 6.07) is 1.93. The predicted molar refractivity (Wildman–Crippen MR) is 73.5 cm³/mol. The third-order valence-electron chi connectivity index (χ3n) is 3.13. The number of carbonyl (C=O) groups excluding carboxylic acids is 1. The summed E-state index contributed by atoms with van der Waals surface area (Å²) < 4.78 is 5.00. The van der Waals surface area contributed by atoms with E-state index in [0.717, 1.165) is 44.3 Å². The van der Waals surface area contributed by atoms with Crippen molar-refractivity contribution >= 4 is 17.4 Å². The largest absolute Gasteiger partial charge is 0.385 e. The Balaban J connectivity index is 1.89. The van der Waals surface area contributed by atoms with Crippen LogP contribution >= 0.6 is 0 Å². The van der Waals surface area contributed by atoms with E-state index in [2.05, 4.69) is 20.2 Å². The number of Topliss-reactive ketones (excluding diaryl/α,β-unsaturated/α-hetero) is 1. The van der Waals surface area contributed by atoms with Gasteiger partial charge in [0.1, 0.15) is 23.7 Å². The van der Waals surface area contributed by atoms with E-state index >= 15 is 0 Å². The van der Waals surface area contributed by atoms with Gasteiger partial charge in [0.15, 0.2) is 0 Å². The number of ketones is 1. The smallest absolute Gasteiger partial charge is 0.136 e. The molecule has 1 aromatic rings. The number of aromatic nitrogens is 2. The molecular weight excluding hydrogens is 244 g/mol. The summed E-state index contributed by atoms with van der Waals surface area (Å²) in [7, 11) is 1.69. The molecule has 0 bridgehead atoms. The van der Waals surface area contributed by atoms with Crippen molar-refractivity contribution in [2.24, 2.45) is 0 Å². The summed E-state index contributed by atoms with van der Waals surface area (Å²) >= 11 is 0. The van der Waals surface area contributed by atoms with Crippen LogP contribution < -0.4 is 10.2 Å². The summed E-state index contributed by atoms with van der Waals surface area (Å²) in [5.74, 6) is 2.04. The lowest BCUT2D eigenvalue weighted by atomic mass is 10.1. The SMILES string of the molecule is COCCCNc1cc(N2CCC(=O)CC2)ncn1.